The summed E-state index contributed by atoms with van der Waals surface area (Å²) in [4.78, 5) is 0. The molecule has 0 heteroatoms. The van der Waals surface area contributed by atoms with Gasteiger partial charge >= 0.3 is 0 Å². The van der Waals surface area contributed by atoms with Crippen molar-refractivity contribution in [3.05, 3.63) is 53.6 Å². The van der Waals surface area contributed by atoms with E-state index in [0.717, 1.165) is 0 Å². The molecule has 0 saturated carbocycles. The van der Waals surface area contributed by atoms with Crippen molar-refractivity contribution in [3.63, 3.8) is 0 Å². The van der Waals surface area contributed by atoms with Crippen molar-refractivity contribution in [2.75, 3.05) is 0 Å². The van der Waals surface area contributed by atoms with Crippen LogP contribution < -0.4 is 0 Å². The van der Waals surface area contributed by atoms with Gasteiger partial charge in [-0.15, -0.1) is 0 Å². The van der Waals surface area contributed by atoms with E-state index in [4.69, 9.17) is 0 Å². The van der Waals surface area contributed by atoms with Crippen LogP contribution in [0.15, 0.2) is 42.5 Å². The van der Waals surface area contributed by atoms with Crippen molar-refractivity contribution >= 4 is 5.57 Å². The van der Waals surface area contributed by atoms with Crippen molar-refractivity contribution < 1.29 is 0 Å². The molecule has 0 nitrogen and oxygen atoms in total. The van der Waals surface area contributed by atoms with Crippen molar-refractivity contribution in [2.45, 2.75) is 20.8 Å². The number of aryl methyl sites for hydroxylation is 1. The van der Waals surface area contributed by atoms with Gasteiger partial charge in [-0.2, -0.15) is 0 Å². The summed E-state index contributed by atoms with van der Waals surface area (Å²) in [5, 5.41) is 0. The molecule has 0 aliphatic carbocycles. The number of allylic oxidation sites excluding steroid dienone is 4. The molecule has 0 amide bonds. The summed E-state index contributed by atoms with van der Waals surface area (Å²) in [5.41, 5.74) is 3.94. The summed E-state index contributed by atoms with van der Waals surface area (Å²) in [7, 11) is 0. The van der Waals surface area contributed by atoms with Gasteiger partial charge < -0.3 is 0 Å². The summed E-state index contributed by atoms with van der Waals surface area (Å²) in [6.45, 7) is 6.26. The summed E-state index contributed by atoms with van der Waals surface area (Å²) < 4.78 is 0. The monoisotopic (exact) mass is 172 g/mol. The molecule has 0 atom stereocenters. The normalized spacial score (nSPS) is 12.4. The fraction of sp³-hybridized carbons (Fsp3) is 0.231. The molecular formula is C13H16. The maximum absolute atomic E-state index is 2.16. The van der Waals surface area contributed by atoms with Crippen LogP contribution in [-0.2, 0) is 0 Å². The molecule has 0 radical (unpaired) electrons. The van der Waals surface area contributed by atoms with Crippen LogP contribution in [0.3, 0.4) is 0 Å². The Morgan fingerprint density at radius 2 is 1.85 bits per heavy atom. The van der Waals surface area contributed by atoms with Gasteiger partial charge in [-0.05, 0) is 37.5 Å². The second kappa shape index (κ2) is 4.66. The molecule has 0 bridgehead atoms. The maximum Gasteiger partial charge on any atom is -0.0158 e. The lowest BCUT2D eigenvalue weighted by Crippen LogP contribution is -1.84. The van der Waals surface area contributed by atoms with Crippen LogP contribution in [0.1, 0.15) is 25.0 Å². The standard InChI is InChI=1S/C13H16/c1-4-8-12(5-2)13-10-7-6-9-11(13)3/h4-10H,1-3H3. The van der Waals surface area contributed by atoms with Gasteiger partial charge in [0.05, 0.1) is 0 Å². The lowest BCUT2D eigenvalue weighted by atomic mass is 10.0. The average Bonchev–Trinajstić information content (AvgIpc) is 2.16. The predicted molar refractivity (Wildman–Crippen MR) is 59.6 cm³/mol. The van der Waals surface area contributed by atoms with E-state index in [1.165, 1.54) is 16.7 Å². The molecule has 0 fully saturated rings. The fourth-order valence-electron chi connectivity index (χ4n) is 1.42. The molecule has 0 unspecified atom stereocenters. The first-order valence-corrected chi connectivity index (χ1v) is 4.64. The molecule has 1 aromatic carbocycles. The molecule has 1 aromatic rings. The minimum atomic E-state index is 1.29. The SMILES string of the molecule is CC=CC(=CC)c1ccccc1C. The van der Waals surface area contributed by atoms with E-state index in [9.17, 15) is 0 Å². The largest absolute Gasteiger partial charge is 0.0871 e. The zero-order chi connectivity index (χ0) is 9.68. The molecule has 0 aromatic heterocycles. The van der Waals surface area contributed by atoms with Crippen LogP contribution in [0.5, 0.6) is 0 Å². The van der Waals surface area contributed by atoms with Crippen molar-refractivity contribution in [3.8, 4) is 0 Å². The van der Waals surface area contributed by atoms with E-state index in [0.29, 0.717) is 0 Å². The fourth-order valence-corrected chi connectivity index (χ4v) is 1.42. The van der Waals surface area contributed by atoms with E-state index in [-0.39, 0.29) is 0 Å². The Labute approximate surface area is 80.6 Å². The van der Waals surface area contributed by atoms with Gasteiger partial charge in [0.1, 0.15) is 0 Å². The van der Waals surface area contributed by atoms with E-state index in [1.54, 1.807) is 0 Å². The third kappa shape index (κ3) is 2.32. The number of rotatable bonds is 2. The second-order valence-electron chi connectivity index (χ2n) is 3.06. The maximum atomic E-state index is 2.16. The molecule has 13 heavy (non-hydrogen) atoms. The van der Waals surface area contributed by atoms with Gasteiger partial charge in [0.15, 0.2) is 0 Å². The summed E-state index contributed by atoms with van der Waals surface area (Å²) in [6.07, 6.45) is 6.35. The van der Waals surface area contributed by atoms with Crippen LogP contribution in [0, 0.1) is 6.92 Å². The molecule has 0 heterocycles. The zero-order valence-electron chi connectivity index (χ0n) is 8.54. The van der Waals surface area contributed by atoms with Gasteiger partial charge in [0, 0.05) is 0 Å². The third-order valence-corrected chi connectivity index (χ3v) is 2.11. The Hall–Kier alpha value is -1.30. The molecule has 1 rings (SSSR count). The smallest absolute Gasteiger partial charge is 0.0158 e. The van der Waals surface area contributed by atoms with Gasteiger partial charge in [-0.1, -0.05) is 42.5 Å². The highest BCUT2D eigenvalue weighted by Gasteiger charge is 1.98. The summed E-state index contributed by atoms with van der Waals surface area (Å²) in [5.74, 6) is 0. The molecular weight excluding hydrogens is 156 g/mol. The summed E-state index contributed by atoms with van der Waals surface area (Å²) >= 11 is 0. The van der Waals surface area contributed by atoms with Gasteiger partial charge in [-0.3, -0.25) is 0 Å². The number of benzene rings is 1. The number of hydrogen-bond donors (Lipinski definition) is 0. The van der Waals surface area contributed by atoms with Gasteiger partial charge in [0.25, 0.3) is 0 Å². The van der Waals surface area contributed by atoms with Crippen molar-refractivity contribution in [1.82, 2.24) is 0 Å². The van der Waals surface area contributed by atoms with E-state index < -0.39 is 0 Å². The highest BCUT2D eigenvalue weighted by atomic mass is 14.0. The molecule has 68 valence electrons. The average molecular weight is 172 g/mol. The topological polar surface area (TPSA) is 0 Å². The molecule has 0 N–H and O–H groups in total. The van der Waals surface area contributed by atoms with Crippen molar-refractivity contribution in [2.24, 2.45) is 0 Å². The van der Waals surface area contributed by atoms with Crippen LogP contribution >= 0.6 is 0 Å². The molecule has 0 saturated heterocycles. The molecule has 0 aliphatic rings. The van der Waals surface area contributed by atoms with E-state index >= 15 is 0 Å². The zero-order valence-corrected chi connectivity index (χ0v) is 8.54. The lowest BCUT2D eigenvalue weighted by Gasteiger charge is -2.05. The van der Waals surface area contributed by atoms with Crippen molar-refractivity contribution in [1.29, 1.82) is 0 Å². The van der Waals surface area contributed by atoms with Crippen LogP contribution in [0.2, 0.25) is 0 Å². The minimum absolute atomic E-state index is 1.29. The van der Waals surface area contributed by atoms with E-state index in [2.05, 4.69) is 56.3 Å². The first-order valence-electron chi connectivity index (χ1n) is 4.64. The van der Waals surface area contributed by atoms with E-state index in [1.807, 2.05) is 6.92 Å². The van der Waals surface area contributed by atoms with Gasteiger partial charge in [-0.25, -0.2) is 0 Å². The molecule has 0 spiro atoms. The first kappa shape index (κ1) is 9.79. The quantitative estimate of drug-likeness (QED) is 0.592. The van der Waals surface area contributed by atoms with Crippen LogP contribution in [-0.4, -0.2) is 0 Å². The van der Waals surface area contributed by atoms with Crippen LogP contribution in [0.25, 0.3) is 5.57 Å². The van der Waals surface area contributed by atoms with Gasteiger partial charge in [0.2, 0.25) is 0 Å². The minimum Gasteiger partial charge on any atom is -0.0871 e. The highest BCUT2D eigenvalue weighted by molar-refractivity contribution is 5.75. The Morgan fingerprint density at radius 3 is 2.38 bits per heavy atom. The number of hydrogen-bond acceptors (Lipinski definition) is 0. The Kier molecular flexibility index (Phi) is 3.51. The predicted octanol–water partition coefficient (Wildman–Crippen LogP) is 3.97. The first-order chi connectivity index (χ1) is 6.29. The second-order valence-corrected chi connectivity index (χ2v) is 3.06. The highest BCUT2D eigenvalue weighted by Crippen LogP contribution is 2.19. The van der Waals surface area contributed by atoms with Crippen LogP contribution in [0.4, 0.5) is 0 Å². The lowest BCUT2D eigenvalue weighted by molar-refractivity contribution is 1.42. The third-order valence-electron chi connectivity index (χ3n) is 2.11. The molecule has 0 aliphatic heterocycles. The Bertz CT molecular complexity index is 330. The Morgan fingerprint density at radius 1 is 1.15 bits per heavy atom. The Balaban J connectivity index is 3.13. The summed E-state index contributed by atoms with van der Waals surface area (Å²) in [6, 6.07) is 8.45.